The van der Waals surface area contributed by atoms with Crippen molar-refractivity contribution in [2.24, 2.45) is 5.92 Å². The molecule has 1 unspecified atom stereocenters. The van der Waals surface area contributed by atoms with Crippen molar-refractivity contribution in [1.29, 1.82) is 0 Å². The summed E-state index contributed by atoms with van der Waals surface area (Å²) in [5.74, 6) is 0.167. The summed E-state index contributed by atoms with van der Waals surface area (Å²) in [4.78, 5) is 11.3. The zero-order valence-corrected chi connectivity index (χ0v) is 12.0. The summed E-state index contributed by atoms with van der Waals surface area (Å²) >= 11 is 0. The number of carbonyl (C=O) groups is 1. The normalized spacial score (nSPS) is 15.3. The lowest BCUT2D eigenvalue weighted by Gasteiger charge is -2.16. The molecular formula is C15H26O3. The van der Waals surface area contributed by atoms with Gasteiger partial charge in [0.1, 0.15) is 6.61 Å². The van der Waals surface area contributed by atoms with Crippen molar-refractivity contribution in [2.75, 3.05) is 6.61 Å². The molecule has 1 atom stereocenters. The molecule has 0 aliphatic rings. The molecule has 0 aromatic rings. The van der Waals surface area contributed by atoms with Crippen molar-refractivity contribution in [3.05, 3.63) is 24.3 Å². The largest absolute Gasteiger partial charge is 0.461 e. The third-order valence-corrected chi connectivity index (χ3v) is 2.62. The van der Waals surface area contributed by atoms with Gasteiger partial charge >= 0.3 is 5.97 Å². The van der Waals surface area contributed by atoms with E-state index in [1.165, 1.54) is 0 Å². The van der Waals surface area contributed by atoms with Gasteiger partial charge in [0.25, 0.3) is 0 Å². The van der Waals surface area contributed by atoms with Crippen LogP contribution in [0.2, 0.25) is 0 Å². The van der Waals surface area contributed by atoms with Crippen LogP contribution >= 0.6 is 0 Å². The fourth-order valence-electron chi connectivity index (χ4n) is 1.36. The van der Waals surface area contributed by atoms with Crippen molar-refractivity contribution in [1.82, 2.24) is 0 Å². The molecule has 0 fully saturated rings. The molecule has 0 spiro atoms. The van der Waals surface area contributed by atoms with Crippen LogP contribution in [0.5, 0.6) is 0 Å². The first-order valence-corrected chi connectivity index (χ1v) is 6.44. The van der Waals surface area contributed by atoms with E-state index in [9.17, 15) is 9.90 Å². The Morgan fingerprint density at radius 1 is 1.50 bits per heavy atom. The Morgan fingerprint density at radius 3 is 2.61 bits per heavy atom. The SMILES string of the molecule is C=CC(C)(O)CCC=C(C)COC(=O)CC(C)C. The minimum Gasteiger partial charge on any atom is -0.461 e. The van der Waals surface area contributed by atoms with E-state index in [1.54, 1.807) is 13.0 Å². The smallest absolute Gasteiger partial charge is 0.306 e. The summed E-state index contributed by atoms with van der Waals surface area (Å²) in [6.07, 6.45) is 5.35. The lowest BCUT2D eigenvalue weighted by molar-refractivity contribution is -0.143. The molecule has 0 amide bonds. The molecule has 0 aliphatic heterocycles. The van der Waals surface area contributed by atoms with E-state index in [1.807, 2.05) is 26.8 Å². The number of hydrogen-bond donors (Lipinski definition) is 1. The van der Waals surface area contributed by atoms with Crippen LogP contribution in [0.4, 0.5) is 0 Å². The van der Waals surface area contributed by atoms with Gasteiger partial charge < -0.3 is 9.84 Å². The zero-order valence-electron chi connectivity index (χ0n) is 12.0. The van der Waals surface area contributed by atoms with Crippen LogP contribution in [-0.2, 0) is 9.53 Å². The lowest BCUT2D eigenvalue weighted by atomic mass is 10.00. The second-order valence-corrected chi connectivity index (χ2v) is 5.41. The van der Waals surface area contributed by atoms with Crippen molar-refractivity contribution in [3.63, 3.8) is 0 Å². The summed E-state index contributed by atoms with van der Waals surface area (Å²) in [5, 5.41) is 9.72. The average molecular weight is 254 g/mol. The van der Waals surface area contributed by atoms with E-state index in [-0.39, 0.29) is 5.97 Å². The molecule has 0 bridgehead atoms. The molecule has 0 radical (unpaired) electrons. The molecule has 3 heteroatoms. The van der Waals surface area contributed by atoms with Gasteiger partial charge in [0.2, 0.25) is 0 Å². The molecule has 0 saturated carbocycles. The van der Waals surface area contributed by atoms with E-state index >= 15 is 0 Å². The van der Waals surface area contributed by atoms with Gasteiger partial charge in [-0.2, -0.15) is 0 Å². The van der Waals surface area contributed by atoms with Crippen LogP contribution in [-0.4, -0.2) is 23.3 Å². The van der Waals surface area contributed by atoms with Crippen molar-refractivity contribution >= 4 is 5.97 Å². The van der Waals surface area contributed by atoms with E-state index < -0.39 is 5.60 Å². The van der Waals surface area contributed by atoms with Gasteiger partial charge in [0.05, 0.1) is 5.60 Å². The fourth-order valence-corrected chi connectivity index (χ4v) is 1.36. The maximum atomic E-state index is 11.3. The molecule has 0 saturated heterocycles. The summed E-state index contributed by atoms with van der Waals surface area (Å²) in [6, 6.07) is 0. The van der Waals surface area contributed by atoms with Crippen LogP contribution in [0.1, 0.15) is 47.0 Å². The Hall–Kier alpha value is -1.09. The topological polar surface area (TPSA) is 46.5 Å². The Balaban J connectivity index is 3.92. The summed E-state index contributed by atoms with van der Waals surface area (Å²) < 4.78 is 5.13. The highest BCUT2D eigenvalue weighted by Gasteiger charge is 2.13. The molecule has 104 valence electrons. The molecule has 0 aromatic heterocycles. The summed E-state index contributed by atoms with van der Waals surface area (Å²) in [5.41, 5.74) is 0.178. The Morgan fingerprint density at radius 2 is 2.11 bits per heavy atom. The highest BCUT2D eigenvalue weighted by Crippen LogP contribution is 2.14. The minimum atomic E-state index is -0.828. The molecule has 0 aliphatic carbocycles. The molecule has 0 heterocycles. The Labute approximate surface area is 111 Å². The van der Waals surface area contributed by atoms with E-state index in [0.29, 0.717) is 25.4 Å². The molecule has 18 heavy (non-hydrogen) atoms. The second kappa shape index (κ2) is 8.09. The second-order valence-electron chi connectivity index (χ2n) is 5.41. The summed E-state index contributed by atoms with van der Waals surface area (Å²) in [6.45, 7) is 11.5. The number of rotatable bonds is 8. The molecule has 1 N–H and O–H groups in total. The van der Waals surface area contributed by atoms with Crippen LogP contribution in [0.3, 0.4) is 0 Å². The first kappa shape index (κ1) is 16.9. The first-order valence-electron chi connectivity index (χ1n) is 6.44. The van der Waals surface area contributed by atoms with Gasteiger partial charge in [0.15, 0.2) is 0 Å². The standard InChI is InChI=1S/C15H26O3/c1-6-15(5,17)9-7-8-13(4)11-18-14(16)10-12(2)3/h6,8,12,17H,1,7,9-11H2,2-5H3. The van der Waals surface area contributed by atoms with E-state index in [0.717, 1.165) is 12.0 Å². The number of esters is 1. The van der Waals surface area contributed by atoms with Gasteiger partial charge in [-0.15, -0.1) is 6.58 Å². The third kappa shape index (κ3) is 8.99. The highest BCUT2D eigenvalue weighted by molar-refractivity contribution is 5.69. The number of aliphatic hydroxyl groups is 1. The Bertz CT molecular complexity index is 301. The van der Waals surface area contributed by atoms with Crippen molar-refractivity contribution in [2.45, 2.75) is 52.6 Å². The number of allylic oxidation sites excluding steroid dienone is 1. The molecule has 0 rings (SSSR count). The maximum Gasteiger partial charge on any atom is 0.306 e. The quantitative estimate of drug-likeness (QED) is 0.534. The number of hydrogen-bond acceptors (Lipinski definition) is 3. The number of ether oxygens (including phenoxy) is 1. The third-order valence-electron chi connectivity index (χ3n) is 2.62. The van der Waals surface area contributed by atoms with Crippen molar-refractivity contribution in [3.8, 4) is 0 Å². The van der Waals surface area contributed by atoms with Crippen LogP contribution in [0.15, 0.2) is 24.3 Å². The molecule has 0 aromatic carbocycles. The predicted octanol–water partition coefficient (Wildman–Crippen LogP) is 3.24. The first-order chi connectivity index (χ1) is 8.26. The van der Waals surface area contributed by atoms with Crippen LogP contribution < -0.4 is 0 Å². The minimum absolute atomic E-state index is 0.157. The lowest BCUT2D eigenvalue weighted by Crippen LogP contribution is -2.19. The number of carbonyl (C=O) groups excluding carboxylic acids is 1. The van der Waals surface area contributed by atoms with Gasteiger partial charge in [-0.3, -0.25) is 4.79 Å². The molecular weight excluding hydrogens is 228 g/mol. The van der Waals surface area contributed by atoms with E-state index in [2.05, 4.69) is 6.58 Å². The fraction of sp³-hybridized carbons (Fsp3) is 0.667. The van der Waals surface area contributed by atoms with Gasteiger partial charge in [-0.25, -0.2) is 0 Å². The zero-order chi connectivity index (χ0) is 14.2. The maximum absolute atomic E-state index is 11.3. The average Bonchev–Trinajstić information content (AvgIpc) is 2.25. The van der Waals surface area contributed by atoms with Crippen LogP contribution in [0, 0.1) is 5.92 Å². The van der Waals surface area contributed by atoms with Gasteiger partial charge in [-0.1, -0.05) is 26.0 Å². The van der Waals surface area contributed by atoms with E-state index in [4.69, 9.17) is 4.74 Å². The van der Waals surface area contributed by atoms with Gasteiger partial charge in [0, 0.05) is 6.42 Å². The molecule has 3 nitrogen and oxygen atoms in total. The van der Waals surface area contributed by atoms with Crippen LogP contribution in [0.25, 0.3) is 0 Å². The van der Waals surface area contributed by atoms with Gasteiger partial charge in [-0.05, 0) is 38.2 Å². The predicted molar refractivity (Wildman–Crippen MR) is 74.2 cm³/mol. The van der Waals surface area contributed by atoms with Crippen molar-refractivity contribution < 1.29 is 14.6 Å². The summed E-state index contributed by atoms with van der Waals surface area (Å²) in [7, 11) is 0. The Kier molecular flexibility index (Phi) is 7.60. The highest BCUT2D eigenvalue weighted by atomic mass is 16.5. The monoisotopic (exact) mass is 254 g/mol.